The molecule has 0 atom stereocenters. The van der Waals surface area contributed by atoms with Crippen molar-refractivity contribution in [1.82, 2.24) is 9.38 Å². The number of hydrogen-bond donors (Lipinski definition) is 1. The van der Waals surface area contributed by atoms with Gasteiger partial charge in [-0.05, 0) is 18.2 Å². The zero-order valence-electron chi connectivity index (χ0n) is 9.23. The fourth-order valence-electron chi connectivity index (χ4n) is 1.66. The molecule has 3 rings (SSSR count). The maximum absolute atomic E-state index is 5.95. The Morgan fingerprint density at radius 1 is 1.28 bits per heavy atom. The van der Waals surface area contributed by atoms with Crippen LogP contribution in [0.2, 0.25) is 10.0 Å². The van der Waals surface area contributed by atoms with Crippen LogP contribution in [0.4, 0.5) is 5.69 Å². The summed E-state index contributed by atoms with van der Waals surface area (Å²) >= 11 is 13.4. The Bertz CT molecular complexity index is 661. The maximum Gasteiger partial charge on any atom is 0.193 e. The molecule has 0 amide bonds. The van der Waals surface area contributed by atoms with E-state index in [1.165, 1.54) is 0 Å². The average molecular weight is 298 g/mol. The highest BCUT2D eigenvalue weighted by Gasteiger charge is 2.03. The quantitative estimate of drug-likeness (QED) is 0.780. The Balaban J connectivity index is 1.73. The van der Waals surface area contributed by atoms with Crippen LogP contribution in [-0.4, -0.2) is 9.38 Å². The van der Waals surface area contributed by atoms with Crippen molar-refractivity contribution in [2.45, 2.75) is 6.54 Å². The Morgan fingerprint density at radius 2 is 2.17 bits per heavy atom. The van der Waals surface area contributed by atoms with Crippen LogP contribution in [0.5, 0.6) is 0 Å². The molecule has 2 aromatic heterocycles. The number of aromatic nitrogens is 2. The highest BCUT2D eigenvalue weighted by atomic mass is 35.5. The largest absolute Gasteiger partial charge is 0.379 e. The van der Waals surface area contributed by atoms with Crippen molar-refractivity contribution < 1.29 is 0 Å². The van der Waals surface area contributed by atoms with Crippen molar-refractivity contribution >= 4 is 45.2 Å². The lowest BCUT2D eigenvalue weighted by Crippen LogP contribution is -1.99. The van der Waals surface area contributed by atoms with Gasteiger partial charge in [0.1, 0.15) is 0 Å². The van der Waals surface area contributed by atoms with E-state index in [4.69, 9.17) is 23.2 Å². The molecule has 2 heterocycles. The van der Waals surface area contributed by atoms with Crippen LogP contribution in [0, 0.1) is 0 Å². The minimum atomic E-state index is 0.549. The zero-order chi connectivity index (χ0) is 12.5. The lowest BCUT2D eigenvalue weighted by Gasteiger charge is -2.05. The molecule has 1 N–H and O–H groups in total. The molecule has 0 aliphatic heterocycles. The number of hydrogen-bond acceptors (Lipinski definition) is 3. The normalized spacial score (nSPS) is 11.0. The molecule has 0 aliphatic rings. The number of benzene rings is 1. The van der Waals surface area contributed by atoms with Gasteiger partial charge in [-0.3, -0.25) is 4.40 Å². The number of nitrogens with one attached hydrogen (secondary N) is 1. The van der Waals surface area contributed by atoms with Gasteiger partial charge in [-0.1, -0.05) is 23.2 Å². The SMILES string of the molecule is Clc1ccc(NCc2cn3ccsc3n2)cc1Cl. The van der Waals surface area contributed by atoms with Crippen molar-refractivity contribution in [3.05, 3.63) is 51.7 Å². The van der Waals surface area contributed by atoms with E-state index in [1.807, 2.05) is 34.3 Å². The van der Waals surface area contributed by atoms with Gasteiger partial charge < -0.3 is 5.32 Å². The molecule has 0 bridgehead atoms. The number of halogens is 2. The highest BCUT2D eigenvalue weighted by molar-refractivity contribution is 7.15. The number of imidazole rings is 1. The second kappa shape index (κ2) is 4.80. The third-order valence-corrected chi connectivity index (χ3v) is 4.05. The van der Waals surface area contributed by atoms with Crippen LogP contribution in [0.3, 0.4) is 0 Å². The predicted octanol–water partition coefficient (Wildman–Crippen LogP) is 4.31. The molecular weight excluding hydrogens is 289 g/mol. The number of nitrogens with zero attached hydrogens (tertiary/aromatic N) is 2. The van der Waals surface area contributed by atoms with Crippen molar-refractivity contribution in [1.29, 1.82) is 0 Å². The number of thiazole rings is 1. The van der Waals surface area contributed by atoms with Crippen LogP contribution < -0.4 is 5.32 Å². The van der Waals surface area contributed by atoms with E-state index in [0.717, 1.165) is 16.3 Å². The number of fused-ring (bicyclic) bond motifs is 1. The molecule has 1 aromatic carbocycles. The van der Waals surface area contributed by atoms with Gasteiger partial charge in [-0.15, -0.1) is 11.3 Å². The highest BCUT2D eigenvalue weighted by Crippen LogP contribution is 2.25. The van der Waals surface area contributed by atoms with Gasteiger partial charge in [-0.2, -0.15) is 0 Å². The van der Waals surface area contributed by atoms with Gasteiger partial charge in [0.2, 0.25) is 0 Å². The van der Waals surface area contributed by atoms with Gasteiger partial charge in [0.25, 0.3) is 0 Å². The van der Waals surface area contributed by atoms with E-state index < -0.39 is 0 Å². The lowest BCUT2D eigenvalue weighted by molar-refractivity contribution is 1.08. The summed E-state index contributed by atoms with van der Waals surface area (Å²) < 4.78 is 2.01. The number of anilines is 1. The van der Waals surface area contributed by atoms with E-state index in [-0.39, 0.29) is 0 Å². The van der Waals surface area contributed by atoms with Gasteiger partial charge in [-0.25, -0.2) is 4.98 Å². The fourth-order valence-corrected chi connectivity index (χ4v) is 2.68. The lowest BCUT2D eigenvalue weighted by atomic mass is 10.3. The van der Waals surface area contributed by atoms with Gasteiger partial charge in [0, 0.05) is 23.5 Å². The summed E-state index contributed by atoms with van der Waals surface area (Å²) in [6.45, 7) is 0.659. The summed E-state index contributed by atoms with van der Waals surface area (Å²) in [4.78, 5) is 5.49. The smallest absolute Gasteiger partial charge is 0.193 e. The molecule has 18 heavy (non-hydrogen) atoms. The van der Waals surface area contributed by atoms with Crippen molar-refractivity contribution in [2.24, 2.45) is 0 Å². The minimum Gasteiger partial charge on any atom is -0.379 e. The summed E-state index contributed by atoms with van der Waals surface area (Å²) in [6.07, 6.45) is 4.01. The molecule has 6 heteroatoms. The molecule has 0 spiro atoms. The Morgan fingerprint density at radius 3 is 2.94 bits per heavy atom. The van der Waals surface area contributed by atoms with Crippen LogP contribution >= 0.6 is 34.5 Å². The first-order valence-electron chi connectivity index (χ1n) is 5.32. The summed E-state index contributed by atoms with van der Waals surface area (Å²) in [5, 5.41) is 6.39. The van der Waals surface area contributed by atoms with Crippen LogP contribution in [0.1, 0.15) is 5.69 Å². The molecule has 0 saturated carbocycles. The molecule has 0 unspecified atom stereocenters. The molecule has 92 valence electrons. The van der Waals surface area contributed by atoms with E-state index in [1.54, 1.807) is 17.4 Å². The summed E-state index contributed by atoms with van der Waals surface area (Å²) in [5.41, 5.74) is 1.92. The monoisotopic (exact) mass is 297 g/mol. The van der Waals surface area contributed by atoms with Gasteiger partial charge in [0.05, 0.1) is 22.3 Å². The van der Waals surface area contributed by atoms with E-state index >= 15 is 0 Å². The molecule has 0 radical (unpaired) electrons. The Kier molecular flexibility index (Phi) is 3.16. The zero-order valence-corrected chi connectivity index (χ0v) is 11.6. The van der Waals surface area contributed by atoms with Crippen molar-refractivity contribution in [2.75, 3.05) is 5.32 Å². The molecule has 3 nitrogen and oxygen atoms in total. The average Bonchev–Trinajstić information content (AvgIpc) is 2.91. The number of rotatable bonds is 3. The third kappa shape index (κ3) is 2.32. The predicted molar refractivity (Wildman–Crippen MR) is 76.9 cm³/mol. The Hall–Kier alpha value is -1.23. The standard InChI is InChI=1S/C12H9Cl2N3S/c13-10-2-1-8(5-11(10)14)15-6-9-7-17-3-4-18-12(17)16-9/h1-5,7,15H,6H2. The van der Waals surface area contributed by atoms with E-state index in [2.05, 4.69) is 10.3 Å². The fraction of sp³-hybridized carbons (Fsp3) is 0.0833. The summed E-state index contributed by atoms with van der Waals surface area (Å²) in [6, 6.07) is 5.48. The first kappa shape index (κ1) is 11.8. The summed E-state index contributed by atoms with van der Waals surface area (Å²) in [5.74, 6) is 0. The topological polar surface area (TPSA) is 29.3 Å². The first-order chi connectivity index (χ1) is 8.72. The molecular formula is C12H9Cl2N3S. The van der Waals surface area contributed by atoms with Crippen LogP contribution in [-0.2, 0) is 6.54 Å². The van der Waals surface area contributed by atoms with Crippen molar-refractivity contribution in [3.8, 4) is 0 Å². The minimum absolute atomic E-state index is 0.549. The van der Waals surface area contributed by atoms with Crippen molar-refractivity contribution in [3.63, 3.8) is 0 Å². The van der Waals surface area contributed by atoms with E-state index in [9.17, 15) is 0 Å². The second-order valence-corrected chi connectivity index (χ2v) is 5.49. The maximum atomic E-state index is 5.95. The Labute approximate surface area is 118 Å². The molecule has 0 saturated heterocycles. The van der Waals surface area contributed by atoms with Gasteiger partial charge in [0.15, 0.2) is 4.96 Å². The molecule has 3 aromatic rings. The molecule has 0 fully saturated rings. The third-order valence-electron chi connectivity index (χ3n) is 2.54. The van der Waals surface area contributed by atoms with Crippen LogP contribution in [0.15, 0.2) is 36.0 Å². The van der Waals surface area contributed by atoms with E-state index in [0.29, 0.717) is 16.6 Å². The second-order valence-electron chi connectivity index (χ2n) is 3.81. The van der Waals surface area contributed by atoms with Crippen LogP contribution in [0.25, 0.3) is 4.96 Å². The summed E-state index contributed by atoms with van der Waals surface area (Å²) in [7, 11) is 0. The first-order valence-corrected chi connectivity index (χ1v) is 6.96. The molecule has 0 aliphatic carbocycles. The van der Waals surface area contributed by atoms with Gasteiger partial charge >= 0.3 is 0 Å².